The number of ether oxygens (including phenoxy) is 1. The summed E-state index contributed by atoms with van der Waals surface area (Å²) in [6.45, 7) is 1.99. The maximum Gasteiger partial charge on any atom is 0.256 e. The highest BCUT2D eigenvalue weighted by Crippen LogP contribution is 2.29. The van der Waals surface area contributed by atoms with Crippen LogP contribution in [0.5, 0.6) is 11.6 Å². The Morgan fingerprint density at radius 2 is 2.17 bits per heavy atom. The number of nitrogens with zero attached hydrogens (tertiary/aromatic N) is 1. The number of aromatic nitrogens is 1. The van der Waals surface area contributed by atoms with Crippen LogP contribution in [-0.2, 0) is 6.54 Å². The highest BCUT2D eigenvalue weighted by atomic mass is 79.9. The first-order valence-corrected chi connectivity index (χ1v) is 6.18. The molecule has 0 bridgehead atoms. The molecular weight excluding hydrogens is 299 g/mol. The van der Waals surface area contributed by atoms with Gasteiger partial charge in [-0.05, 0) is 30.7 Å². The number of halogens is 2. The second-order valence-electron chi connectivity index (χ2n) is 3.81. The van der Waals surface area contributed by atoms with Crippen LogP contribution in [0.25, 0.3) is 0 Å². The monoisotopic (exact) mass is 310 g/mol. The highest BCUT2D eigenvalue weighted by Gasteiger charge is 2.12. The molecular formula is C13H12BrFN2O. The van der Waals surface area contributed by atoms with Gasteiger partial charge in [-0.2, -0.15) is 0 Å². The van der Waals surface area contributed by atoms with Gasteiger partial charge in [0, 0.05) is 22.8 Å². The Morgan fingerprint density at radius 3 is 2.89 bits per heavy atom. The predicted molar refractivity (Wildman–Crippen MR) is 71.0 cm³/mol. The molecule has 0 atom stereocenters. The van der Waals surface area contributed by atoms with Crippen LogP contribution in [0.4, 0.5) is 4.39 Å². The molecule has 0 spiro atoms. The molecule has 0 fully saturated rings. The standard InChI is InChI=1S/C13H12BrFN2O/c1-8-2-3-10(14)6-11(8)18-13-12(15)9(7-16)4-5-17-13/h2-6H,7,16H2,1H3. The maximum absolute atomic E-state index is 13.9. The molecule has 1 aromatic heterocycles. The zero-order chi connectivity index (χ0) is 13.1. The van der Waals surface area contributed by atoms with Gasteiger partial charge in [-0.1, -0.05) is 22.0 Å². The second kappa shape index (κ2) is 5.46. The van der Waals surface area contributed by atoms with E-state index in [1.807, 2.05) is 19.1 Å². The summed E-state index contributed by atoms with van der Waals surface area (Å²) in [4.78, 5) is 3.88. The van der Waals surface area contributed by atoms with E-state index in [0.717, 1.165) is 10.0 Å². The largest absolute Gasteiger partial charge is 0.436 e. The van der Waals surface area contributed by atoms with Gasteiger partial charge in [0.15, 0.2) is 5.82 Å². The predicted octanol–water partition coefficient (Wildman–Crippen LogP) is 3.54. The quantitative estimate of drug-likeness (QED) is 0.943. The van der Waals surface area contributed by atoms with Crippen LogP contribution in [-0.4, -0.2) is 4.98 Å². The smallest absolute Gasteiger partial charge is 0.256 e. The molecule has 2 rings (SSSR count). The summed E-state index contributed by atoms with van der Waals surface area (Å²) in [5, 5.41) is 0. The van der Waals surface area contributed by atoms with Crippen molar-refractivity contribution in [2.24, 2.45) is 5.73 Å². The Kier molecular flexibility index (Phi) is 3.93. The van der Waals surface area contributed by atoms with Crippen molar-refractivity contribution in [1.29, 1.82) is 0 Å². The average molecular weight is 311 g/mol. The van der Waals surface area contributed by atoms with Gasteiger partial charge >= 0.3 is 0 Å². The van der Waals surface area contributed by atoms with Gasteiger partial charge in [0.25, 0.3) is 5.88 Å². The van der Waals surface area contributed by atoms with Crippen molar-refractivity contribution in [2.45, 2.75) is 13.5 Å². The van der Waals surface area contributed by atoms with Crippen LogP contribution in [0.15, 0.2) is 34.9 Å². The van der Waals surface area contributed by atoms with Crippen molar-refractivity contribution in [3.05, 3.63) is 51.9 Å². The lowest BCUT2D eigenvalue weighted by atomic mass is 10.2. The first kappa shape index (κ1) is 13.0. The molecule has 2 N–H and O–H groups in total. The fraction of sp³-hybridized carbons (Fsp3) is 0.154. The van der Waals surface area contributed by atoms with Crippen molar-refractivity contribution >= 4 is 15.9 Å². The third-order valence-corrected chi connectivity index (χ3v) is 3.01. The molecule has 0 aliphatic rings. The van der Waals surface area contributed by atoms with E-state index in [4.69, 9.17) is 10.5 Å². The Morgan fingerprint density at radius 1 is 1.39 bits per heavy atom. The van der Waals surface area contributed by atoms with Crippen LogP contribution >= 0.6 is 15.9 Å². The Balaban J connectivity index is 2.37. The molecule has 2 aromatic rings. The maximum atomic E-state index is 13.9. The molecule has 3 nitrogen and oxygen atoms in total. The number of hydrogen-bond donors (Lipinski definition) is 1. The topological polar surface area (TPSA) is 48.1 Å². The molecule has 94 valence electrons. The molecule has 0 amide bonds. The van der Waals surface area contributed by atoms with Crippen LogP contribution < -0.4 is 10.5 Å². The highest BCUT2D eigenvalue weighted by molar-refractivity contribution is 9.10. The van der Waals surface area contributed by atoms with E-state index in [1.165, 1.54) is 12.3 Å². The molecule has 1 aromatic carbocycles. The van der Waals surface area contributed by atoms with Crippen LogP contribution in [0, 0.1) is 12.7 Å². The normalized spacial score (nSPS) is 10.4. The van der Waals surface area contributed by atoms with Crippen molar-refractivity contribution in [2.75, 3.05) is 0 Å². The van der Waals surface area contributed by atoms with Crippen LogP contribution in [0.2, 0.25) is 0 Å². The molecule has 0 unspecified atom stereocenters. The molecule has 18 heavy (non-hydrogen) atoms. The summed E-state index contributed by atoms with van der Waals surface area (Å²) in [5.74, 6) is -0.0107. The summed E-state index contributed by atoms with van der Waals surface area (Å²) in [7, 11) is 0. The van der Waals surface area contributed by atoms with E-state index in [-0.39, 0.29) is 12.4 Å². The second-order valence-corrected chi connectivity index (χ2v) is 4.72. The lowest BCUT2D eigenvalue weighted by Gasteiger charge is -2.10. The SMILES string of the molecule is Cc1ccc(Br)cc1Oc1nccc(CN)c1F. The van der Waals surface area contributed by atoms with E-state index < -0.39 is 5.82 Å². The summed E-state index contributed by atoms with van der Waals surface area (Å²) in [5.41, 5.74) is 6.72. The van der Waals surface area contributed by atoms with Gasteiger partial charge < -0.3 is 10.5 Å². The van der Waals surface area contributed by atoms with Crippen molar-refractivity contribution in [3.63, 3.8) is 0 Å². The minimum atomic E-state index is -0.514. The van der Waals surface area contributed by atoms with Gasteiger partial charge in [-0.15, -0.1) is 0 Å². The van der Waals surface area contributed by atoms with E-state index in [0.29, 0.717) is 11.3 Å². The third-order valence-electron chi connectivity index (χ3n) is 2.51. The molecule has 0 aliphatic heterocycles. The van der Waals surface area contributed by atoms with Gasteiger partial charge in [-0.3, -0.25) is 0 Å². The molecule has 5 heteroatoms. The Hall–Kier alpha value is -1.46. The van der Waals surface area contributed by atoms with Crippen LogP contribution in [0.3, 0.4) is 0 Å². The first-order chi connectivity index (χ1) is 8.61. The first-order valence-electron chi connectivity index (χ1n) is 5.39. The number of nitrogens with two attached hydrogens (primary N) is 1. The number of rotatable bonds is 3. The minimum absolute atomic E-state index is 0.0563. The summed E-state index contributed by atoms with van der Waals surface area (Å²) < 4.78 is 20.3. The van der Waals surface area contributed by atoms with E-state index >= 15 is 0 Å². The van der Waals surface area contributed by atoms with Gasteiger partial charge in [0.05, 0.1) is 0 Å². The number of pyridine rings is 1. The summed E-state index contributed by atoms with van der Waals surface area (Å²) in [6, 6.07) is 7.08. The zero-order valence-corrected chi connectivity index (χ0v) is 11.4. The third kappa shape index (κ3) is 2.68. The lowest BCUT2D eigenvalue weighted by Crippen LogP contribution is -2.03. The molecule has 1 heterocycles. The van der Waals surface area contributed by atoms with Gasteiger partial charge in [-0.25, -0.2) is 9.37 Å². The zero-order valence-electron chi connectivity index (χ0n) is 9.78. The molecule has 0 saturated heterocycles. The number of aryl methyl sites for hydroxylation is 1. The summed E-state index contributed by atoms with van der Waals surface area (Å²) >= 11 is 3.34. The number of hydrogen-bond acceptors (Lipinski definition) is 3. The van der Waals surface area contributed by atoms with E-state index in [2.05, 4.69) is 20.9 Å². The molecule has 0 aliphatic carbocycles. The van der Waals surface area contributed by atoms with Crippen molar-refractivity contribution in [1.82, 2.24) is 4.98 Å². The summed E-state index contributed by atoms with van der Waals surface area (Å²) in [6.07, 6.45) is 1.48. The number of benzene rings is 1. The fourth-order valence-electron chi connectivity index (χ4n) is 1.48. The van der Waals surface area contributed by atoms with Crippen LogP contribution in [0.1, 0.15) is 11.1 Å². The van der Waals surface area contributed by atoms with Gasteiger partial charge in [0.1, 0.15) is 5.75 Å². The Bertz CT molecular complexity index is 575. The lowest BCUT2D eigenvalue weighted by molar-refractivity contribution is 0.416. The van der Waals surface area contributed by atoms with E-state index in [9.17, 15) is 4.39 Å². The fourth-order valence-corrected chi connectivity index (χ4v) is 1.82. The Labute approximate surface area is 113 Å². The van der Waals surface area contributed by atoms with E-state index in [1.54, 1.807) is 6.07 Å². The minimum Gasteiger partial charge on any atom is -0.436 e. The molecule has 0 radical (unpaired) electrons. The van der Waals surface area contributed by atoms with Crippen molar-refractivity contribution in [3.8, 4) is 11.6 Å². The molecule has 0 saturated carbocycles. The average Bonchev–Trinajstić information content (AvgIpc) is 2.36. The van der Waals surface area contributed by atoms with Gasteiger partial charge in [0.2, 0.25) is 0 Å². The van der Waals surface area contributed by atoms with Crippen molar-refractivity contribution < 1.29 is 9.13 Å².